The van der Waals surface area contributed by atoms with Crippen molar-refractivity contribution < 1.29 is 19.1 Å². The summed E-state index contributed by atoms with van der Waals surface area (Å²) in [5.74, 6) is -0.792. The Balaban J connectivity index is 1.57. The first-order valence-corrected chi connectivity index (χ1v) is 11.3. The lowest BCUT2D eigenvalue weighted by molar-refractivity contribution is -0.153. The molecule has 1 amide bonds. The fourth-order valence-corrected chi connectivity index (χ4v) is 4.41. The number of anilines is 1. The van der Waals surface area contributed by atoms with E-state index >= 15 is 0 Å². The number of methoxy groups -OCH3 is 1. The Labute approximate surface area is 198 Å². The lowest BCUT2D eigenvalue weighted by Gasteiger charge is -2.40. The van der Waals surface area contributed by atoms with Gasteiger partial charge in [0.2, 0.25) is 11.9 Å². The molecule has 9 heteroatoms. The Morgan fingerprint density at radius 3 is 2.55 bits per heavy atom. The Kier molecular flexibility index (Phi) is 7.03. The number of carbonyl (C=O) groups excluding carboxylic acids is 2. The van der Waals surface area contributed by atoms with Crippen LogP contribution in [0.15, 0.2) is 53.5 Å². The summed E-state index contributed by atoms with van der Waals surface area (Å²) in [5, 5.41) is 3.34. The van der Waals surface area contributed by atoms with E-state index in [9.17, 15) is 9.59 Å². The molecule has 1 saturated heterocycles. The lowest BCUT2D eigenvalue weighted by atomic mass is 9.91. The van der Waals surface area contributed by atoms with Crippen LogP contribution < -0.4 is 15.0 Å². The van der Waals surface area contributed by atoms with Gasteiger partial charge in [-0.15, -0.1) is 0 Å². The number of nitrogens with one attached hydrogen (secondary N) is 1. The van der Waals surface area contributed by atoms with Crippen LogP contribution in [-0.4, -0.2) is 62.6 Å². The van der Waals surface area contributed by atoms with Crippen LogP contribution in [0, 0.1) is 5.92 Å². The molecule has 0 spiro atoms. The molecule has 0 aromatic heterocycles. The number of guanidine groups is 1. The van der Waals surface area contributed by atoms with Gasteiger partial charge in [-0.05, 0) is 36.8 Å². The number of hydrogen-bond acceptors (Lipinski definition) is 7. The zero-order valence-corrected chi connectivity index (χ0v) is 19.4. The third-order valence-corrected chi connectivity index (χ3v) is 6.07. The van der Waals surface area contributed by atoms with Crippen LogP contribution in [-0.2, 0) is 14.3 Å². The summed E-state index contributed by atoms with van der Waals surface area (Å²) in [7, 11) is 1.66. The standard InChI is InChI=1S/C24H27ClN4O4/c1-3-33-23(31)20-21(16-7-6-8-17(25)15-16)26-24(27-22(20)30)29-13-11-28(12-14-29)18-9-4-5-10-19(18)32-2/h4-10,15,20-21H,3,11-14H2,1-2H3,(H,26,27,30)/t20-,21+/m0/s1. The second-order valence-electron chi connectivity index (χ2n) is 7.82. The van der Waals surface area contributed by atoms with E-state index < -0.39 is 23.8 Å². The van der Waals surface area contributed by atoms with Crippen molar-refractivity contribution in [3.05, 3.63) is 59.1 Å². The van der Waals surface area contributed by atoms with E-state index in [1.807, 2.05) is 35.2 Å². The molecule has 0 bridgehead atoms. The monoisotopic (exact) mass is 470 g/mol. The Morgan fingerprint density at radius 1 is 1.12 bits per heavy atom. The van der Waals surface area contributed by atoms with Gasteiger partial charge in [0.15, 0.2) is 5.92 Å². The number of benzene rings is 2. The van der Waals surface area contributed by atoms with E-state index in [0.717, 1.165) is 24.5 Å². The molecule has 0 radical (unpaired) electrons. The van der Waals surface area contributed by atoms with Gasteiger partial charge in [-0.2, -0.15) is 0 Å². The molecular formula is C24H27ClN4O4. The highest BCUT2D eigenvalue weighted by Gasteiger charge is 2.42. The molecule has 1 N–H and O–H groups in total. The van der Waals surface area contributed by atoms with E-state index in [1.165, 1.54) is 0 Å². The van der Waals surface area contributed by atoms with E-state index in [0.29, 0.717) is 29.6 Å². The summed E-state index contributed by atoms with van der Waals surface area (Å²) in [6, 6.07) is 14.3. The highest BCUT2D eigenvalue weighted by Crippen LogP contribution is 2.33. The largest absolute Gasteiger partial charge is 0.495 e. The van der Waals surface area contributed by atoms with Crippen LogP contribution in [0.3, 0.4) is 0 Å². The molecule has 33 heavy (non-hydrogen) atoms. The van der Waals surface area contributed by atoms with Crippen LogP contribution >= 0.6 is 11.6 Å². The van der Waals surface area contributed by atoms with Crippen molar-refractivity contribution >= 4 is 35.1 Å². The van der Waals surface area contributed by atoms with Crippen LogP contribution in [0.25, 0.3) is 0 Å². The summed E-state index contributed by atoms with van der Waals surface area (Å²) < 4.78 is 10.7. The fourth-order valence-electron chi connectivity index (χ4n) is 4.21. The second kappa shape index (κ2) is 10.1. The molecule has 174 valence electrons. The predicted octanol–water partition coefficient (Wildman–Crippen LogP) is 2.88. The van der Waals surface area contributed by atoms with Gasteiger partial charge >= 0.3 is 5.97 Å². The number of esters is 1. The number of aliphatic imine (C=N–C) groups is 1. The van der Waals surface area contributed by atoms with Crippen molar-refractivity contribution in [3.8, 4) is 5.75 Å². The van der Waals surface area contributed by atoms with Crippen molar-refractivity contribution in [1.82, 2.24) is 10.2 Å². The molecule has 2 aliphatic heterocycles. The highest BCUT2D eigenvalue weighted by atomic mass is 35.5. The molecular weight excluding hydrogens is 444 g/mol. The Morgan fingerprint density at radius 2 is 1.85 bits per heavy atom. The number of hydrogen-bond donors (Lipinski definition) is 1. The van der Waals surface area contributed by atoms with E-state index in [2.05, 4.69) is 10.2 Å². The summed E-state index contributed by atoms with van der Waals surface area (Å²) in [5.41, 5.74) is 1.73. The first-order chi connectivity index (χ1) is 16.0. The van der Waals surface area contributed by atoms with Crippen molar-refractivity contribution in [2.45, 2.75) is 13.0 Å². The molecule has 4 rings (SSSR count). The zero-order valence-electron chi connectivity index (χ0n) is 18.7. The number of halogens is 1. The van der Waals surface area contributed by atoms with E-state index in [1.54, 1.807) is 32.2 Å². The smallest absolute Gasteiger partial charge is 0.321 e. The Hall–Kier alpha value is -3.26. The quantitative estimate of drug-likeness (QED) is 0.534. The van der Waals surface area contributed by atoms with Gasteiger partial charge in [0, 0.05) is 31.2 Å². The maximum Gasteiger partial charge on any atom is 0.321 e. The second-order valence-corrected chi connectivity index (χ2v) is 8.25. The first kappa shape index (κ1) is 22.9. The molecule has 0 saturated carbocycles. The predicted molar refractivity (Wildman–Crippen MR) is 127 cm³/mol. The van der Waals surface area contributed by atoms with Crippen LogP contribution in [0.2, 0.25) is 5.02 Å². The number of rotatable bonds is 5. The normalized spacial score (nSPS) is 20.7. The number of para-hydroxylation sites is 2. The maximum atomic E-state index is 13.0. The summed E-state index contributed by atoms with van der Waals surface area (Å²) in [4.78, 5) is 34.7. The molecule has 2 aromatic rings. The van der Waals surface area contributed by atoms with Crippen molar-refractivity contribution in [2.24, 2.45) is 10.9 Å². The van der Waals surface area contributed by atoms with Crippen molar-refractivity contribution in [3.63, 3.8) is 0 Å². The average Bonchev–Trinajstić information content (AvgIpc) is 2.83. The van der Waals surface area contributed by atoms with Crippen molar-refractivity contribution in [1.29, 1.82) is 0 Å². The number of ether oxygens (including phenoxy) is 2. The molecule has 8 nitrogen and oxygen atoms in total. The highest BCUT2D eigenvalue weighted by molar-refractivity contribution is 6.30. The first-order valence-electron chi connectivity index (χ1n) is 11.0. The van der Waals surface area contributed by atoms with Gasteiger partial charge in [0.1, 0.15) is 11.8 Å². The van der Waals surface area contributed by atoms with E-state index in [4.69, 9.17) is 26.1 Å². The minimum atomic E-state index is -1.07. The van der Waals surface area contributed by atoms with Crippen LogP contribution in [0.1, 0.15) is 18.5 Å². The van der Waals surface area contributed by atoms with Gasteiger partial charge in [-0.25, -0.2) is 4.99 Å². The van der Waals surface area contributed by atoms with Gasteiger partial charge in [0.25, 0.3) is 0 Å². The van der Waals surface area contributed by atoms with Gasteiger partial charge < -0.3 is 19.3 Å². The molecule has 2 atom stereocenters. The Bertz CT molecular complexity index is 1050. The summed E-state index contributed by atoms with van der Waals surface area (Å²) >= 11 is 6.18. The number of nitrogens with zero attached hydrogens (tertiary/aromatic N) is 3. The van der Waals surface area contributed by atoms with Gasteiger partial charge in [-0.1, -0.05) is 35.9 Å². The summed E-state index contributed by atoms with van der Waals surface area (Å²) in [6.07, 6.45) is 0. The number of carbonyl (C=O) groups is 2. The van der Waals surface area contributed by atoms with Crippen molar-refractivity contribution in [2.75, 3.05) is 44.8 Å². The number of amides is 1. The molecule has 2 heterocycles. The number of piperazine rings is 1. The summed E-state index contributed by atoms with van der Waals surface area (Å²) in [6.45, 7) is 4.68. The van der Waals surface area contributed by atoms with E-state index in [-0.39, 0.29) is 6.61 Å². The zero-order chi connectivity index (χ0) is 23.4. The van der Waals surface area contributed by atoms with Crippen LogP contribution in [0.4, 0.5) is 5.69 Å². The molecule has 2 aliphatic rings. The average molecular weight is 471 g/mol. The molecule has 1 fully saturated rings. The molecule has 0 aliphatic carbocycles. The lowest BCUT2D eigenvalue weighted by Crippen LogP contribution is -2.57. The van der Waals surface area contributed by atoms with Crippen LogP contribution in [0.5, 0.6) is 5.75 Å². The SMILES string of the molecule is CCOC(=O)[C@@H]1C(=O)NC(N2CCN(c3ccccc3OC)CC2)=N[C@@H]1c1cccc(Cl)c1. The minimum absolute atomic E-state index is 0.187. The van der Waals surface area contributed by atoms with Gasteiger partial charge in [0.05, 0.1) is 19.4 Å². The maximum absolute atomic E-state index is 13.0. The third-order valence-electron chi connectivity index (χ3n) is 5.83. The molecule has 2 aromatic carbocycles. The molecule has 0 unspecified atom stereocenters. The third kappa shape index (κ3) is 4.90. The van der Waals surface area contributed by atoms with Gasteiger partial charge in [-0.3, -0.25) is 14.9 Å². The topological polar surface area (TPSA) is 83.5 Å². The fraction of sp³-hybridized carbons (Fsp3) is 0.375. The minimum Gasteiger partial charge on any atom is -0.495 e.